The number of amides is 1. The van der Waals surface area contributed by atoms with Gasteiger partial charge in [0, 0.05) is 0 Å². The van der Waals surface area contributed by atoms with Crippen LogP contribution in [0, 0.1) is 0 Å². The van der Waals surface area contributed by atoms with Crippen LogP contribution in [-0.4, -0.2) is 18.2 Å². The summed E-state index contributed by atoms with van der Waals surface area (Å²) >= 11 is 0. The summed E-state index contributed by atoms with van der Waals surface area (Å²) in [4.78, 5) is 12.1. The van der Waals surface area contributed by atoms with Crippen LogP contribution in [0.1, 0.15) is 31.7 Å². The Balaban J connectivity index is 1.60. The van der Waals surface area contributed by atoms with Gasteiger partial charge in [0.05, 0.1) is 5.71 Å². The van der Waals surface area contributed by atoms with Crippen molar-refractivity contribution in [2.75, 3.05) is 6.61 Å². The molecule has 1 N–H and O–H groups in total. The zero-order valence-corrected chi connectivity index (χ0v) is 15.5. The number of nitrogens with one attached hydrogen (secondary N) is 1. The lowest BCUT2D eigenvalue weighted by molar-refractivity contribution is -0.123. The van der Waals surface area contributed by atoms with Crippen molar-refractivity contribution in [2.45, 2.75) is 26.2 Å². The van der Waals surface area contributed by atoms with Gasteiger partial charge in [-0.25, -0.2) is 5.43 Å². The molecule has 0 unspecified atom stereocenters. The molecule has 0 fully saturated rings. The van der Waals surface area contributed by atoms with Crippen LogP contribution in [0.4, 0.5) is 0 Å². The highest BCUT2D eigenvalue weighted by atomic mass is 16.5. The van der Waals surface area contributed by atoms with Crippen molar-refractivity contribution >= 4 is 22.4 Å². The van der Waals surface area contributed by atoms with Gasteiger partial charge >= 0.3 is 0 Å². The summed E-state index contributed by atoms with van der Waals surface area (Å²) in [6.45, 7) is 2.07. The van der Waals surface area contributed by atoms with Crippen LogP contribution in [0.25, 0.3) is 10.8 Å². The highest BCUT2D eigenvalue weighted by molar-refractivity contribution is 6.01. The molecular weight excluding hydrogens is 336 g/mol. The first-order valence-electron chi connectivity index (χ1n) is 9.28. The van der Waals surface area contributed by atoms with E-state index in [1.54, 1.807) is 0 Å². The molecule has 27 heavy (non-hydrogen) atoms. The Bertz CT molecular complexity index is 920. The van der Waals surface area contributed by atoms with Gasteiger partial charge in [0.1, 0.15) is 5.75 Å². The molecule has 0 saturated heterocycles. The zero-order chi connectivity index (χ0) is 18.9. The average Bonchev–Trinajstić information content (AvgIpc) is 2.73. The molecule has 3 aromatic carbocycles. The first kappa shape index (κ1) is 18.6. The van der Waals surface area contributed by atoms with Gasteiger partial charge in [-0.1, -0.05) is 74.0 Å². The summed E-state index contributed by atoms with van der Waals surface area (Å²) in [7, 11) is 0. The molecule has 4 heteroatoms. The second kappa shape index (κ2) is 9.53. The van der Waals surface area contributed by atoms with Crippen LogP contribution in [0.3, 0.4) is 0 Å². The van der Waals surface area contributed by atoms with E-state index in [4.69, 9.17) is 4.74 Å². The van der Waals surface area contributed by atoms with E-state index in [0.29, 0.717) is 5.75 Å². The number of hydrogen-bond acceptors (Lipinski definition) is 3. The van der Waals surface area contributed by atoms with Crippen molar-refractivity contribution in [1.29, 1.82) is 0 Å². The number of unbranched alkanes of at least 4 members (excludes halogenated alkanes) is 1. The van der Waals surface area contributed by atoms with Gasteiger partial charge in [-0.15, -0.1) is 0 Å². The third kappa shape index (κ3) is 5.42. The van der Waals surface area contributed by atoms with Crippen molar-refractivity contribution in [3.63, 3.8) is 0 Å². The third-order valence-corrected chi connectivity index (χ3v) is 4.28. The Morgan fingerprint density at radius 3 is 2.48 bits per heavy atom. The molecule has 138 valence electrons. The number of hydrogen-bond donors (Lipinski definition) is 1. The number of benzene rings is 3. The highest BCUT2D eigenvalue weighted by Gasteiger charge is 2.06. The Hall–Kier alpha value is -3.14. The molecule has 0 aliphatic carbocycles. The molecule has 0 saturated carbocycles. The van der Waals surface area contributed by atoms with Gasteiger partial charge in [-0.3, -0.25) is 4.79 Å². The van der Waals surface area contributed by atoms with Gasteiger partial charge in [-0.05, 0) is 41.3 Å². The number of ether oxygens (including phenoxy) is 1. The summed E-state index contributed by atoms with van der Waals surface area (Å²) < 4.78 is 5.61. The smallest absolute Gasteiger partial charge is 0.277 e. The van der Waals surface area contributed by atoms with Crippen LogP contribution in [0.5, 0.6) is 5.75 Å². The summed E-state index contributed by atoms with van der Waals surface area (Å²) in [5.74, 6) is 0.398. The van der Waals surface area contributed by atoms with Crippen LogP contribution in [0.2, 0.25) is 0 Å². The third-order valence-electron chi connectivity index (χ3n) is 4.28. The molecule has 0 bridgehead atoms. The van der Waals surface area contributed by atoms with Gasteiger partial charge in [0.2, 0.25) is 0 Å². The van der Waals surface area contributed by atoms with Crippen molar-refractivity contribution in [3.05, 3.63) is 78.4 Å². The van der Waals surface area contributed by atoms with E-state index in [0.717, 1.165) is 41.3 Å². The predicted octanol–water partition coefficient (Wildman–Crippen LogP) is 4.93. The Morgan fingerprint density at radius 1 is 0.963 bits per heavy atom. The topological polar surface area (TPSA) is 50.7 Å². The lowest BCUT2D eigenvalue weighted by Gasteiger charge is -2.09. The maximum Gasteiger partial charge on any atom is 0.277 e. The Labute approximate surface area is 159 Å². The number of carbonyl (C=O) groups excluding carboxylic acids is 1. The largest absolute Gasteiger partial charge is 0.484 e. The molecule has 3 rings (SSSR count). The van der Waals surface area contributed by atoms with Crippen molar-refractivity contribution in [3.8, 4) is 5.75 Å². The number of fused-ring (bicyclic) bond motifs is 1. The standard InChI is InChI=1S/C23H24N2O2/c1-2-3-13-22(19-10-5-4-6-11-19)24-25-23(26)17-27-21-15-14-18-9-7-8-12-20(18)16-21/h4-12,14-16H,2-3,13,17H2,1H3,(H,25,26)/b24-22+. The Morgan fingerprint density at radius 2 is 1.70 bits per heavy atom. The van der Waals surface area contributed by atoms with Crippen LogP contribution in [0.15, 0.2) is 77.9 Å². The lowest BCUT2D eigenvalue weighted by Crippen LogP contribution is -2.26. The molecule has 4 nitrogen and oxygen atoms in total. The van der Waals surface area contributed by atoms with Crippen molar-refractivity contribution in [1.82, 2.24) is 5.43 Å². The Kier molecular flexibility index (Phi) is 6.58. The monoisotopic (exact) mass is 360 g/mol. The normalized spacial score (nSPS) is 11.4. The van der Waals surface area contributed by atoms with E-state index >= 15 is 0 Å². The molecule has 0 aromatic heterocycles. The lowest BCUT2D eigenvalue weighted by atomic mass is 10.1. The zero-order valence-electron chi connectivity index (χ0n) is 15.5. The fraction of sp³-hybridized carbons (Fsp3) is 0.217. The van der Waals surface area contributed by atoms with Gasteiger partial charge in [-0.2, -0.15) is 5.10 Å². The van der Waals surface area contributed by atoms with Gasteiger partial charge < -0.3 is 4.74 Å². The van der Waals surface area contributed by atoms with Crippen molar-refractivity contribution < 1.29 is 9.53 Å². The van der Waals surface area contributed by atoms with E-state index in [-0.39, 0.29) is 12.5 Å². The van der Waals surface area contributed by atoms with E-state index in [2.05, 4.69) is 17.5 Å². The average molecular weight is 360 g/mol. The molecule has 0 spiro atoms. The van der Waals surface area contributed by atoms with Gasteiger partial charge in [0.25, 0.3) is 5.91 Å². The highest BCUT2D eigenvalue weighted by Crippen LogP contribution is 2.20. The second-order valence-corrected chi connectivity index (χ2v) is 6.36. The predicted molar refractivity (Wildman–Crippen MR) is 110 cm³/mol. The molecule has 0 atom stereocenters. The minimum atomic E-state index is -0.270. The van der Waals surface area contributed by atoms with Gasteiger partial charge in [0.15, 0.2) is 6.61 Å². The SMILES string of the molecule is CCCC/C(=N\NC(=O)COc1ccc2ccccc2c1)c1ccccc1. The van der Waals surface area contributed by atoms with E-state index in [9.17, 15) is 4.79 Å². The summed E-state index contributed by atoms with van der Waals surface area (Å²) in [5.41, 5.74) is 4.54. The molecule has 0 aliphatic heterocycles. The number of carbonyl (C=O) groups is 1. The second-order valence-electron chi connectivity index (χ2n) is 6.36. The summed E-state index contributed by atoms with van der Waals surface area (Å²) in [6, 6.07) is 23.8. The van der Waals surface area contributed by atoms with Crippen LogP contribution in [-0.2, 0) is 4.79 Å². The van der Waals surface area contributed by atoms with E-state index in [1.807, 2.05) is 72.8 Å². The molecular formula is C23H24N2O2. The quantitative estimate of drug-likeness (QED) is 0.457. The first-order chi connectivity index (χ1) is 13.3. The maximum absolute atomic E-state index is 12.1. The molecule has 1 amide bonds. The molecule has 0 heterocycles. The van der Waals surface area contributed by atoms with E-state index < -0.39 is 0 Å². The van der Waals surface area contributed by atoms with Crippen LogP contribution >= 0.6 is 0 Å². The summed E-state index contributed by atoms with van der Waals surface area (Å²) in [6.07, 6.45) is 2.92. The number of rotatable bonds is 8. The maximum atomic E-state index is 12.1. The molecule has 0 aliphatic rings. The fourth-order valence-corrected chi connectivity index (χ4v) is 2.81. The van der Waals surface area contributed by atoms with Crippen molar-refractivity contribution in [2.24, 2.45) is 5.10 Å². The molecule has 0 radical (unpaired) electrons. The number of hydrazone groups is 1. The molecule has 3 aromatic rings. The van der Waals surface area contributed by atoms with E-state index in [1.165, 1.54) is 0 Å². The number of nitrogens with zero attached hydrogens (tertiary/aromatic N) is 1. The minimum Gasteiger partial charge on any atom is -0.484 e. The minimum absolute atomic E-state index is 0.0717. The fourth-order valence-electron chi connectivity index (χ4n) is 2.81. The first-order valence-corrected chi connectivity index (χ1v) is 9.28. The van der Waals surface area contributed by atoms with Crippen LogP contribution < -0.4 is 10.2 Å². The summed E-state index contributed by atoms with van der Waals surface area (Å²) in [5, 5.41) is 6.55.